The van der Waals surface area contributed by atoms with Gasteiger partial charge in [-0.2, -0.15) is 0 Å². The summed E-state index contributed by atoms with van der Waals surface area (Å²) in [6.07, 6.45) is 1.21. The van der Waals surface area contributed by atoms with E-state index in [1.807, 2.05) is 24.3 Å². The summed E-state index contributed by atoms with van der Waals surface area (Å²) in [4.78, 5) is 10.5. The Hall–Kier alpha value is -1.35. The fourth-order valence-corrected chi connectivity index (χ4v) is 1.97. The van der Waals surface area contributed by atoms with Crippen molar-refractivity contribution in [1.82, 2.24) is 0 Å². The minimum atomic E-state index is -1.07. The van der Waals surface area contributed by atoms with Crippen LogP contribution in [-0.2, 0) is 16.8 Å². The molecular weight excluding hydrogens is 228 g/mol. The van der Waals surface area contributed by atoms with Gasteiger partial charge in [-0.3, -0.25) is 4.79 Å². The quantitative estimate of drug-likeness (QED) is 0.816. The summed E-state index contributed by atoms with van der Waals surface area (Å²) in [6.45, 7) is 5.99. The standard InChI is InChI=1S/C15H22O3/c1-11(2)10-12-4-6-13(7-5-12)15(3,18)9-8-14(16)17/h4-7,11,18H,8-10H2,1-3H3,(H,16,17). The Bertz CT molecular complexity index is 391. The molecule has 3 nitrogen and oxygen atoms in total. The van der Waals surface area contributed by atoms with Gasteiger partial charge in [-0.1, -0.05) is 38.1 Å². The molecule has 100 valence electrons. The smallest absolute Gasteiger partial charge is 0.303 e. The van der Waals surface area contributed by atoms with E-state index in [-0.39, 0.29) is 12.8 Å². The molecule has 0 amide bonds. The maximum Gasteiger partial charge on any atom is 0.303 e. The molecule has 0 aliphatic heterocycles. The van der Waals surface area contributed by atoms with Crippen molar-refractivity contribution < 1.29 is 15.0 Å². The average molecular weight is 250 g/mol. The normalized spacial score (nSPS) is 14.5. The number of carboxylic acid groups (broad SMARTS) is 1. The van der Waals surface area contributed by atoms with Crippen LogP contribution in [0.25, 0.3) is 0 Å². The van der Waals surface area contributed by atoms with E-state index in [0.717, 1.165) is 12.0 Å². The maximum atomic E-state index is 10.5. The second kappa shape index (κ2) is 6.01. The molecule has 0 bridgehead atoms. The van der Waals surface area contributed by atoms with E-state index < -0.39 is 11.6 Å². The molecular formula is C15H22O3. The second-order valence-corrected chi connectivity index (χ2v) is 5.46. The minimum Gasteiger partial charge on any atom is -0.481 e. The molecule has 0 saturated heterocycles. The molecule has 1 aromatic carbocycles. The number of carbonyl (C=O) groups is 1. The number of aliphatic carboxylic acids is 1. The van der Waals surface area contributed by atoms with Gasteiger partial charge in [0, 0.05) is 6.42 Å². The summed E-state index contributed by atoms with van der Waals surface area (Å²) in [5.74, 6) is -0.282. The predicted molar refractivity (Wildman–Crippen MR) is 71.4 cm³/mol. The first-order valence-electron chi connectivity index (χ1n) is 6.35. The molecule has 0 heterocycles. The highest BCUT2D eigenvalue weighted by atomic mass is 16.4. The van der Waals surface area contributed by atoms with E-state index in [2.05, 4.69) is 13.8 Å². The lowest BCUT2D eigenvalue weighted by Gasteiger charge is -2.23. The van der Waals surface area contributed by atoms with Crippen LogP contribution >= 0.6 is 0 Å². The molecule has 1 aromatic rings. The van der Waals surface area contributed by atoms with E-state index in [1.54, 1.807) is 6.92 Å². The molecule has 1 rings (SSSR count). The highest BCUT2D eigenvalue weighted by Crippen LogP contribution is 2.26. The lowest BCUT2D eigenvalue weighted by molar-refractivity contribution is -0.138. The van der Waals surface area contributed by atoms with Crippen molar-refractivity contribution in [3.8, 4) is 0 Å². The van der Waals surface area contributed by atoms with Gasteiger partial charge in [0.15, 0.2) is 0 Å². The molecule has 0 aliphatic carbocycles. The fourth-order valence-electron chi connectivity index (χ4n) is 1.97. The van der Waals surface area contributed by atoms with Gasteiger partial charge in [0.2, 0.25) is 0 Å². The number of benzene rings is 1. The third-order valence-electron chi connectivity index (χ3n) is 3.05. The molecule has 1 unspecified atom stereocenters. The van der Waals surface area contributed by atoms with Crippen LogP contribution in [-0.4, -0.2) is 16.2 Å². The monoisotopic (exact) mass is 250 g/mol. The number of aliphatic hydroxyl groups is 1. The van der Waals surface area contributed by atoms with Gasteiger partial charge in [0.25, 0.3) is 0 Å². The van der Waals surface area contributed by atoms with Crippen molar-refractivity contribution in [3.63, 3.8) is 0 Å². The van der Waals surface area contributed by atoms with Crippen LogP contribution in [0, 0.1) is 5.92 Å². The average Bonchev–Trinajstić information content (AvgIpc) is 2.26. The van der Waals surface area contributed by atoms with Crippen LogP contribution < -0.4 is 0 Å². The van der Waals surface area contributed by atoms with E-state index in [1.165, 1.54) is 5.56 Å². The van der Waals surface area contributed by atoms with Gasteiger partial charge in [0.1, 0.15) is 0 Å². The topological polar surface area (TPSA) is 57.5 Å². The summed E-state index contributed by atoms with van der Waals surface area (Å²) in [6, 6.07) is 7.79. The zero-order valence-corrected chi connectivity index (χ0v) is 11.3. The van der Waals surface area contributed by atoms with Crippen LogP contribution in [0.3, 0.4) is 0 Å². The van der Waals surface area contributed by atoms with Crippen LogP contribution in [0.1, 0.15) is 44.7 Å². The van der Waals surface area contributed by atoms with Crippen molar-refractivity contribution in [1.29, 1.82) is 0 Å². The van der Waals surface area contributed by atoms with Crippen LogP contribution in [0.15, 0.2) is 24.3 Å². The SMILES string of the molecule is CC(C)Cc1ccc(C(C)(O)CCC(=O)O)cc1. The van der Waals surface area contributed by atoms with Gasteiger partial charge in [-0.15, -0.1) is 0 Å². The Morgan fingerprint density at radius 1 is 1.28 bits per heavy atom. The molecule has 0 radical (unpaired) electrons. The molecule has 18 heavy (non-hydrogen) atoms. The lowest BCUT2D eigenvalue weighted by atomic mass is 9.90. The first kappa shape index (κ1) is 14.7. The third kappa shape index (κ3) is 4.49. The molecule has 1 atom stereocenters. The number of carboxylic acids is 1. The molecule has 0 fully saturated rings. The summed E-state index contributed by atoms with van der Waals surface area (Å²) in [5, 5.41) is 18.9. The third-order valence-corrected chi connectivity index (χ3v) is 3.05. The maximum absolute atomic E-state index is 10.5. The Morgan fingerprint density at radius 2 is 1.83 bits per heavy atom. The first-order chi connectivity index (χ1) is 8.31. The van der Waals surface area contributed by atoms with Gasteiger partial charge in [-0.25, -0.2) is 0 Å². The second-order valence-electron chi connectivity index (χ2n) is 5.46. The molecule has 3 heteroatoms. The molecule has 0 spiro atoms. The van der Waals surface area contributed by atoms with E-state index in [4.69, 9.17) is 5.11 Å². The Labute approximate surface area is 108 Å². The van der Waals surface area contributed by atoms with E-state index in [9.17, 15) is 9.90 Å². The number of rotatable bonds is 6. The van der Waals surface area contributed by atoms with Crippen molar-refractivity contribution in [2.24, 2.45) is 5.92 Å². The van der Waals surface area contributed by atoms with Crippen molar-refractivity contribution in [2.75, 3.05) is 0 Å². The van der Waals surface area contributed by atoms with Crippen LogP contribution in [0.2, 0.25) is 0 Å². The van der Waals surface area contributed by atoms with Gasteiger partial charge < -0.3 is 10.2 Å². The van der Waals surface area contributed by atoms with Gasteiger partial charge in [0.05, 0.1) is 5.60 Å². The van der Waals surface area contributed by atoms with Gasteiger partial charge >= 0.3 is 5.97 Å². The zero-order chi connectivity index (χ0) is 13.8. The number of hydrogen-bond donors (Lipinski definition) is 2. The molecule has 0 saturated carbocycles. The summed E-state index contributed by atoms with van der Waals surface area (Å²) in [7, 11) is 0. The van der Waals surface area contributed by atoms with Crippen LogP contribution in [0.4, 0.5) is 0 Å². The minimum absolute atomic E-state index is 0.0270. The highest BCUT2D eigenvalue weighted by Gasteiger charge is 2.23. The zero-order valence-electron chi connectivity index (χ0n) is 11.3. The van der Waals surface area contributed by atoms with E-state index >= 15 is 0 Å². The first-order valence-corrected chi connectivity index (χ1v) is 6.35. The summed E-state index contributed by atoms with van der Waals surface area (Å²) in [5.41, 5.74) is 0.938. The summed E-state index contributed by atoms with van der Waals surface area (Å²) >= 11 is 0. The van der Waals surface area contributed by atoms with Crippen molar-refractivity contribution >= 4 is 5.97 Å². The van der Waals surface area contributed by atoms with Crippen LogP contribution in [0.5, 0.6) is 0 Å². The van der Waals surface area contributed by atoms with Crippen molar-refractivity contribution in [3.05, 3.63) is 35.4 Å². The largest absolute Gasteiger partial charge is 0.481 e. The van der Waals surface area contributed by atoms with Gasteiger partial charge in [-0.05, 0) is 36.8 Å². The Morgan fingerprint density at radius 3 is 2.28 bits per heavy atom. The lowest BCUT2D eigenvalue weighted by Crippen LogP contribution is -2.22. The predicted octanol–water partition coefficient (Wildman–Crippen LogP) is 2.96. The molecule has 0 aliphatic rings. The van der Waals surface area contributed by atoms with E-state index in [0.29, 0.717) is 5.92 Å². The molecule has 0 aromatic heterocycles. The summed E-state index contributed by atoms with van der Waals surface area (Å²) < 4.78 is 0. The number of hydrogen-bond acceptors (Lipinski definition) is 2. The Kier molecular flexibility index (Phi) is 4.91. The molecule has 2 N–H and O–H groups in total. The fraction of sp³-hybridized carbons (Fsp3) is 0.533. The van der Waals surface area contributed by atoms with Crippen molar-refractivity contribution in [2.45, 2.75) is 45.6 Å². The Balaban J connectivity index is 2.73. The highest BCUT2D eigenvalue weighted by molar-refractivity contribution is 5.66.